The maximum Gasteiger partial charge on any atom is 0.335 e. The van der Waals surface area contributed by atoms with E-state index in [0.717, 1.165) is 0 Å². The van der Waals surface area contributed by atoms with E-state index in [4.69, 9.17) is 9.63 Å². The minimum atomic E-state index is -3.71. The van der Waals surface area contributed by atoms with Crippen molar-refractivity contribution in [2.75, 3.05) is 13.1 Å². The highest BCUT2D eigenvalue weighted by Crippen LogP contribution is 2.31. The van der Waals surface area contributed by atoms with Gasteiger partial charge in [-0.25, -0.2) is 17.6 Å². The zero-order valence-electron chi connectivity index (χ0n) is 15.7. The van der Waals surface area contributed by atoms with E-state index in [-0.39, 0.29) is 35.3 Å². The standard InChI is InChI=1S/C20H18FN3O5S/c21-16-5-1-13(2-6-16)18-22-19(29-23-18)14-9-11-24(12-10-14)30(27,28)17-7-3-15(4-8-17)20(25)26/h1-8,14H,9-12H2,(H,25,26). The lowest BCUT2D eigenvalue weighted by Crippen LogP contribution is -2.38. The molecule has 156 valence electrons. The summed E-state index contributed by atoms with van der Waals surface area (Å²) >= 11 is 0. The molecule has 0 saturated carbocycles. The molecule has 3 aromatic rings. The van der Waals surface area contributed by atoms with E-state index >= 15 is 0 Å². The third kappa shape index (κ3) is 3.96. The van der Waals surface area contributed by atoms with Gasteiger partial charge in [-0.2, -0.15) is 9.29 Å². The fourth-order valence-electron chi connectivity index (χ4n) is 3.38. The minimum Gasteiger partial charge on any atom is -0.478 e. The second-order valence-corrected chi connectivity index (χ2v) is 8.91. The lowest BCUT2D eigenvalue weighted by Gasteiger charge is -2.29. The number of aromatic nitrogens is 2. The quantitative estimate of drug-likeness (QED) is 0.660. The van der Waals surface area contributed by atoms with Crippen LogP contribution in [0, 0.1) is 5.82 Å². The Morgan fingerprint density at radius 1 is 1.07 bits per heavy atom. The van der Waals surface area contributed by atoms with E-state index in [9.17, 15) is 17.6 Å². The number of carboxylic acid groups (broad SMARTS) is 1. The van der Waals surface area contributed by atoms with Crippen molar-refractivity contribution in [3.8, 4) is 11.4 Å². The third-order valence-corrected chi connectivity index (χ3v) is 7.00. The number of benzene rings is 2. The smallest absolute Gasteiger partial charge is 0.335 e. The summed E-state index contributed by atoms with van der Waals surface area (Å²) in [4.78, 5) is 15.4. The molecule has 2 aromatic carbocycles. The summed E-state index contributed by atoms with van der Waals surface area (Å²) in [7, 11) is -3.71. The van der Waals surface area contributed by atoms with Gasteiger partial charge in [-0.1, -0.05) is 5.16 Å². The summed E-state index contributed by atoms with van der Waals surface area (Å²) in [6.45, 7) is 0.559. The Morgan fingerprint density at radius 3 is 2.30 bits per heavy atom. The van der Waals surface area contributed by atoms with Gasteiger partial charge in [0.1, 0.15) is 5.82 Å². The van der Waals surface area contributed by atoms with Crippen LogP contribution in [0.2, 0.25) is 0 Å². The van der Waals surface area contributed by atoms with Crippen molar-refractivity contribution in [3.05, 3.63) is 65.8 Å². The number of sulfonamides is 1. The number of halogens is 1. The van der Waals surface area contributed by atoms with Gasteiger partial charge in [0.05, 0.1) is 10.5 Å². The van der Waals surface area contributed by atoms with Crippen molar-refractivity contribution in [1.82, 2.24) is 14.4 Å². The first-order valence-corrected chi connectivity index (χ1v) is 10.7. The first-order chi connectivity index (χ1) is 14.3. The third-order valence-electron chi connectivity index (χ3n) is 5.09. The van der Waals surface area contributed by atoms with Crippen LogP contribution in [0.5, 0.6) is 0 Å². The molecular formula is C20H18FN3O5S. The fraction of sp³-hybridized carbons (Fsp3) is 0.250. The maximum atomic E-state index is 13.1. The molecule has 1 fully saturated rings. The van der Waals surface area contributed by atoms with Gasteiger partial charge in [-0.05, 0) is 61.4 Å². The zero-order chi connectivity index (χ0) is 21.3. The number of nitrogens with zero attached hydrogens (tertiary/aromatic N) is 3. The van der Waals surface area contributed by atoms with Gasteiger partial charge in [0.15, 0.2) is 0 Å². The Kier molecular flexibility index (Phi) is 5.35. The van der Waals surface area contributed by atoms with Crippen molar-refractivity contribution in [3.63, 3.8) is 0 Å². The van der Waals surface area contributed by atoms with Crippen molar-refractivity contribution >= 4 is 16.0 Å². The topological polar surface area (TPSA) is 114 Å². The molecule has 1 aliphatic rings. The van der Waals surface area contributed by atoms with Gasteiger partial charge in [-0.15, -0.1) is 0 Å². The van der Waals surface area contributed by atoms with E-state index < -0.39 is 16.0 Å². The molecular weight excluding hydrogens is 413 g/mol. The largest absolute Gasteiger partial charge is 0.478 e. The predicted molar refractivity (Wildman–Crippen MR) is 104 cm³/mol. The number of hydrogen-bond acceptors (Lipinski definition) is 6. The number of hydrogen-bond donors (Lipinski definition) is 1. The molecule has 1 aliphatic heterocycles. The van der Waals surface area contributed by atoms with Crippen LogP contribution in [-0.4, -0.2) is 47.0 Å². The molecule has 0 amide bonds. The van der Waals surface area contributed by atoms with Crippen LogP contribution in [0.4, 0.5) is 4.39 Å². The highest BCUT2D eigenvalue weighted by atomic mass is 32.2. The maximum absolute atomic E-state index is 13.1. The predicted octanol–water partition coefficient (Wildman–Crippen LogP) is 3.14. The number of piperidine rings is 1. The van der Waals surface area contributed by atoms with Crippen LogP contribution in [0.25, 0.3) is 11.4 Å². The summed E-state index contributed by atoms with van der Waals surface area (Å²) in [5.41, 5.74) is 0.664. The zero-order valence-corrected chi connectivity index (χ0v) is 16.5. The van der Waals surface area contributed by atoms with E-state index in [0.29, 0.717) is 30.1 Å². The SMILES string of the molecule is O=C(O)c1ccc(S(=O)(=O)N2CCC(c3nc(-c4ccc(F)cc4)no3)CC2)cc1. The second kappa shape index (κ2) is 7.96. The van der Waals surface area contributed by atoms with Crippen LogP contribution >= 0.6 is 0 Å². The molecule has 0 bridgehead atoms. The average molecular weight is 431 g/mol. The van der Waals surface area contributed by atoms with Crippen LogP contribution in [0.15, 0.2) is 57.9 Å². The Hall–Kier alpha value is -3.11. The van der Waals surface area contributed by atoms with Crippen LogP contribution in [-0.2, 0) is 10.0 Å². The van der Waals surface area contributed by atoms with Crippen LogP contribution < -0.4 is 0 Å². The Balaban J connectivity index is 1.43. The molecule has 30 heavy (non-hydrogen) atoms. The molecule has 0 spiro atoms. The molecule has 2 heterocycles. The molecule has 1 saturated heterocycles. The first-order valence-electron chi connectivity index (χ1n) is 9.27. The Morgan fingerprint density at radius 2 is 1.70 bits per heavy atom. The summed E-state index contributed by atoms with van der Waals surface area (Å²) in [5, 5.41) is 12.9. The number of carbonyl (C=O) groups is 1. The van der Waals surface area contributed by atoms with Gasteiger partial charge in [-0.3, -0.25) is 0 Å². The van der Waals surface area contributed by atoms with E-state index in [2.05, 4.69) is 10.1 Å². The van der Waals surface area contributed by atoms with E-state index in [1.165, 1.54) is 40.7 Å². The monoisotopic (exact) mass is 431 g/mol. The lowest BCUT2D eigenvalue weighted by atomic mass is 9.98. The van der Waals surface area contributed by atoms with Crippen molar-refractivity contribution in [2.24, 2.45) is 0 Å². The second-order valence-electron chi connectivity index (χ2n) is 6.97. The van der Waals surface area contributed by atoms with Gasteiger partial charge in [0.2, 0.25) is 21.7 Å². The van der Waals surface area contributed by atoms with Crippen molar-refractivity contribution < 1.29 is 27.2 Å². The fourth-order valence-corrected chi connectivity index (χ4v) is 4.85. The molecule has 1 N–H and O–H groups in total. The molecule has 0 radical (unpaired) electrons. The first kappa shape index (κ1) is 20.2. The molecule has 8 nitrogen and oxygen atoms in total. The Labute approximate surface area is 172 Å². The molecule has 10 heteroatoms. The molecule has 1 aromatic heterocycles. The number of aromatic carboxylic acids is 1. The van der Waals surface area contributed by atoms with E-state index in [1.807, 2.05) is 0 Å². The highest BCUT2D eigenvalue weighted by molar-refractivity contribution is 7.89. The van der Waals surface area contributed by atoms with Gasteiger partial charge in [0, 0.05) is 24.6 Å². The summed E-state index contributed by atoms with van der Waals surface area (Å²) in [5.74, 6) is -0.753. The van der Waals surface area contributed by atoms with Crippen molar-refractivity contribution in [2.45, 2.75) is 23.7 Å². The van der Waals surface area contributed by atoms with Crippen molar-refractivity contribution in [1.29, 1.82) is 0 Å². The van der Waals surface area contributed by atoms with Gasteiger partial charge in [0.25, 0.3) is 0 Å². The van der Waals surface area contributed by atoms with Crippen LogP contribution in [0.3, 0.4) is 0 Å². The number of carboxylic acids is 1. The summed E-state index contributed by atoms with van der Waals surface area (Å²) < 4.78 is 45.4. The normalized spacial score (nSPS) is 15.9. The van der Waals surface area contributed by atoms with Gasteiger partial charge < -0.3 is 9.63 Å². The molecule has 0 unspecified atom stereocenters. The van der Waals surface area contributed by atoms with E-state index in [1.54, 1.807) is 12.1 Å². The van der Waals surface area contributed by atoms with Crippen LogP contribution in [0.1, 0.15) is 35.0 Å². The summed E-state index contributed by atoms with van der Waals surface area (Å²) in [6.07, 6.45) is 1.02. The lowest BCUT2D eigenvalue weighted by molar-refractivity contribution is 0.0696. The molecule has 4 rings (SSSR count). The van der Waals surface area contributed by atoms with Gasteiger partial charge >= 0.3 is 5.97 Å². The Bertz CT molecular complexity index is 1150. The molecule has 0 atom stereocenters. The minimum absolute atomic E-state index is 0.0287. The highest BCUT2D eigenvalue weighted by Gasteiger charge is 2.32. The average Bonchev–Trinajstić information content (AvgIpc) is 3.25. The number of rotatable bonds is 5. The summed E-state index contributed by atoms with van der Waals surface area (Å²) in [6, 6.07) is 10.9. The molecule has 0 aliphatic carbocycles.